The minimum absolute atomic E-state index is 0.0100. The highest BCUT2D eigenvalue weighted by atomic mass is 16.6. The van der Waals surface area contributed by atoms with Crippen LogP contribution in [0.15, 0.2) is 41.2 Å². The van der Waals surface area contributed by atoms with Crippen molar-refractivity contribution in [1.82, 2.24) is 20.0 Å². The summed E-state index contributed by atoms with van der Waals surface area (Å²) in [5, 5.41) is 7.29. The lowest BCUT2D eigenvalue weighted by molar-refractivity contribution is -0.122. The second kappa shape index (κ2) is 10.0. The van der Waals surface area contributed by atoms with Crippen LogP contribution in [0.5, 0.6) is 0 Å². The van der Waals surface area contributed by atoms with Crippen LogP contribution in [0, 0.1) is 0 Å². The molecule has 0 spiro atoms. The van der Waals surface area contributed by atoms with E-state index in [-0.39, 0.29) is 24.1 Å². The molecule has 8 nitrogen and oxygen atoms in total. The van der Waals surface area contributed by atoms with Crippen molar-refractivity contribution in [3.05, 3.63) is 63.6 Å². The Morgan fingerprint density at radius 3 is 2.77 bits per heavy atom. The molecule has 0 saturated heterocycles. The molecule has 0 aliphatic carbocycles. The quantitative estimate of drug-likeness (QED) is 0.750. The molecule has 160 valence electrons. The fourth-order valence-corrected chi connectivity index (χ4v) is 3.48. The lowest BCUT2D eigenvalue weighted by atomic mass is 10.1. The van der Waals surface area contributed by atoms with Crippen LogP contribution in [0.1, 0.15) is 37.1 Å². The van der Waals surface area contributed by atoms with Gasteiger partial charge in [0.15, 0.2) is 0 Å². The molecular formula is C22H28N4O4. The average Bonchev–Trinajstić information content (AvgIpc) is 2.73. The zero-order valence-corrected chi connectivity index (χ0v) is 17.5. The fourth-order valence-electron chi connectivity index (χ4n) is 3.48. The maximum Gasteiger partial charge on any atom is 0.410 e. The van der Waals surface area contributed by atoms with Crippen LogP contribution < -0.4 is 10.9 Å². The first-order valence-corrected chi connectivity index (χ1v) is 10.3. The fraction of sp³-hybridized carbons (Fsp3) is 0.455. The van der Waals surface area contributed by atoms with Crippen molar-refractivity contribution < 1.29 is 14.3 Å². The van der Waals surface area contributed by atoms with Crippen LogP contribution in [-0.4, -0.2) is 45.9 Å². The van der Waals surface area contributed by atoms with Crippen LogP contribution in [0.3, 0.4) is 0 Å². The van der Waals surface area contributed by atoms with Gasteiger partial charge in [-0.25, -0.2) is 9.48 Å². The van der Waals surface area contributed by atoms with E-state index >= 15 is 0 Å². The molecule has 8 heteroatoms. The smallest absolute Gasteiger partial charge is 0.410 e. The van der Waals surface area contributed by atoms with Gasteiger partial charge >= 0.3 is 6.09 Å². The Hall–Kier alpha value is -3.16. The first-order valence-electron chi connectivity index (χ1n) is 10.3. The Bertz CT molecular complexity index is 942. The second-order valence-electron chi connectivity index (χ2n) is 7.48. The number of ether oxygens (including phenoxy) is 1. The van der Waals surface area contributed by atoms with Crippen molar-refractivity contribution in [2.45, 2.75) is 52.2 Å². The predicted molar refractivity (Wildman–Crippen MR) is 112 cm³/mol. The van der Waals surface area contributed by atoms with E-state index in [0.717, 1.165) is 18.5 Å². The topological polar surface area (TPSA) is 93.5 Å². The molecule has 2 heterocycles. The van der Waals surface area contributed by atoms with Crippen molar-refractivity contribution in [2.24, 2.45) is 0 Å². The van der Waals surface area contributed by atoms with E-state index in [0.29, 0.717) is 31.7 Å². The molecule has 0 fully saturated rings. The number of fused-ring (bicyclic) bond motifs is 1. The van der Waals surface area contributed by atoms with Crippen LogP contribution in [0.2, 0.25) is 0 Å². The maximum atomic E-state index is 12.4. The largest absolute Gasteiger partial charge is 0.450 e. The van der Waals surface area contributed by atoms with Crippen LogP contribution >= 0.6 is 0 Å². The number of hydrogen-bond donors (Lipinski definition) is 1. The summed E-state index contributed by atoms with van der Waals surface area (Å²) in [6.07, 6.45) is 1.81. The van der Waals surface area contributed by atoms with Gasteiger partial charge < -0.3 is 15.0 Å². The first-order chi connectivity index (χ1) is 14.5. The van der Waals surface area contributed by atoms with Gasteiger partial charge in [-0.3, -0.25) is 9.59 Å². The molecule has 0 saturated carbocycles. The number of aryl methyl sites for hydroxylation is 1. The van der Waals surface area contributed by atoms with E-state index in [9.17, 15) is 14.4 Å². The van der Waals surface area contributed by atoms with E-state index in [1.165, 1.54) is 16.3 Å². The van der Waals surface area contributed by atoms with E-state index in [1.54, 1.807) is 11.8 Å². The van der Waals surface area contributed by atoms with Gasteiger partial charge in [0.2, 0.25) is 5.91 Å². The van der Waals surface area contributed by atoms with Gasteiger partial charge in [-0.2, -0.15) is 5.10 Å². The Morgan fingerprint density at radius 2 is 2.03 bits per heavy atom. The molecular weight excluding hydrogens is 384 g/mol. The van der Waals surface area contributed by atoms with Gasteiger partial charge in [0.25, 0.3) is 5.56 Å². The first kappa shape index (κ1) is 21.5. The molecule has 1 aliphatic heterocycles. The monoisotopic (exact) mass is 412 g/mol. The van der Waals surface area contributed by atoms with Crippen molar-refractivity contribution in [3.8, 4) is 0 Å². The van der Waals surface area contributed by atoms with Crippen molar-refractivity contribution >= 4 is 12.0 Å². The molecule has 1 aromatic heterocycles. The van der Waals surface area contributed by atoms with Crippen LogP contribution in [0.25, 0.3) is 0 Å². The summed E-state index contributed by atoms with van der Waals surface area (Å²) in [7, 11) is 0. The summed E-state index contributed by atoms with van der Waals surface area (Å²) in [6, 6.07) is 11.6. The molecule has 30 heavy (non-hydrogen) atoms. The highest BCUT2D eigenvalue weighted by Crippen LogP contribution is 2.16. The normalized spacial score (nSPS) is 14.0. The third-order valence-corrected chi connectivity index (χ3v) is 5.08. The lowest BCUT2D eigenvalue weighted by Crippen LogP contribution is -2.41. The summed E-state index contributed by atoms with van der Waals surface area (Å²) in [5.41, 5.74) is 2.31. The lowest BCUT2D eigenvalue weighted by Gasteiger charge is -2.27. The Morgan fingerprint density at radius 1 is 1.27 bits per heavy atom. The maximum absolute atomic E-state index is 12.4. The molecule has 0 radical (unpaired) electrons. The van der Waals surface area contributed by atoms with Gasteiger partial charge in [0.1, 0.15) is 6.54 Å². The number of carbonyl (C=O) groups excluding carboxylic acids is 2. The number of aromatic nitrogens is 2. The third-order valence-electron chi connectivity index (χ3n) is 5.08. The Kier molecular flexibility index (Phi) is 7.21. The Balaban J connectivity index is 1.56. The SMILES string of the molecule is CCOC(=O)N1CCc2nn(CC(=O)N[C@@H](C)CCc3ccccc3)c(=O)cc2C1. The number of rotatable bonds is 7. The van der Waals surface area contributed by atoms with Gasteiger partial charge in [0, 0.05) is 30.6 Å². The van der Waals surface area contributed by atoms with E-state index in [2.05, 4.69) is 22.5 Å². The molecule has 0 bridgehead atoms. The van der Waals surface area contributed by atoms with E-state index < -0.39 is 6.09 Å². The summed E-state index contributed by atoms with van der Waals surface area (Å²) < 4.78 is 6.21. The van der Waals surface area contributed by atoms with Gasteiger partial charge in [-0.1, -0.05) is 30.3 Å². The van der Waals surface area contributed by atoms with E-state index in [4.69, 9.17) is 4.74 Å². The number of carbonyl (C=O) groups is 2. The second-order valence-corrected chi connectivity index (χ2v) is 7.48. The van der Waals surface area contributed by atoms with Crippen molar-refractivity contribution in [2.75, 3.05) is 13.2 Å². The zero-order chi connectivity index (χ0) is 21.5. The molecule has 1 aromatic carbocycles. The highest BCUT2D eigenvalue weighted by molar-refractivity contribution is 5.75. The number of nitrogens with one attached hydrogen (secondary N) is 1. The van der Waals surface area contributed by atoms with Gasteiger partial charge in [-0.15, -0.1) is 0 Å². The standard InChI is InChI=1S/C22H28N4O4/c1-3-30-22(29)25-12-11-19-18(14-25)13-21(28)26(24-19)15-20(27)23-16(2)9-10-17-7-5-4-6-8-17/h4-8,13,16H,3,9-12,14-15H2,1-2H3,(H,23,27)/t16-/m0/s1. The molecule has 2 aromatic rings. The minimum atomic E-state index is -0.392. The summed E-state index contributed by atoms with van der Waals surface area (Å²) in [4.78, 5) is 38.3. The molecule has 1 aliphatic rings. The molecule has 2 amide bonds. The van der Waals surface area contributed by atoms with Crippen molar-refractivity contribution in [1.29, 1.82) is 0 Å². The number of benzene rings is 1. The summed E-state index contributed by atoms with van der Waals surface area (Å²) in [6.45, 7) is 4.65. The minimum Gasteiger partial charge on any atom is -0.450 e. The average molecular weight is 412 g/mol. The molecule has 1 atom stereocenters. The van der Waals surface area contributed by atoms with Gasteiger partial charge in [0.05, 0.1) is 18.8 Å². The number of hydrogen-bond acceptors (Lipinski definition) is 5. The molecule has 0 unspecified atom stereocenters. The van der Waals surface area contributed by atoms with Gasteiger partial charge in [-0.05, 0) is 32.3 Å². The van der Waals surface area contributed by atoms with E-state index in [1.807, 2.05) is 25.1 Å². The predicted octanol–water partition coefficient (Wildman–Crippen LogP) is 1.90. The molecule has 3 rings (SSSR count). The summed E-state index contributed by atoms with van der Waals surface area (Å²) in [5.74, 6) is -0.242. The number of nitrogens with zero attached hydrogens (tertiary/aromatic N) is 3. The number of amides is 2. The molecule has 1 N–H and O–H groups in total. The highest BCUT2D eigenvalue weighted by Gasteiger charge is 2.24. The van der Waals surface area contributed by atoms with Crippen molar-refractivity contribution in [3.63, 3.8) is 0 Å². The van der Waals surface area contributed by atoms with Crippen LogP contribution in [-0.2, 0) is 35.5 Å². The zero-order valence-electron chi connectivity index (χ0n) is 17.5. The van der Waals surface area contributed by atoms with Crippen LogP contribution in [0.4, 0.5) is 4.79 Å². The Labute approximate surface area is 175 Å². The summed E-state index contributed by atoms with van der Waals surface area (Å²) >= 11 is 0. The third kappa shape index (κ3) is 5.68.